The molecule has 0 N–H and O–H groups in total. The zero-order valence-electron chi connectivity index (χ0n) is 12.9. The molecule has 1 unspecified atom stereocenters. The van der Waals surface area contributed by atoms with Crippen LogP contribution in [-0.2, 0) is 0 Å². The first-order valence-corrected chi connectivity index (χ1v) is 7.78. The molecule has 3 aromatic rings. The number of benzene rings is 1. The smallest absolute Gasteiger partial charge is 0.294 e. The standard InChI is InChI=1S/C17H17N5O/c1-12-9-10-18-17-19-15(20-22(12)17)16(23)21-11-5-8-14(21)13-6-3-2-4-7-13/h2-4,6-7,9-10,14H,5,8,11H2,1H3. The van der Waals surface area contributed by atoms with E-state index in [-0.39, 0.29) is 17.8 Å². The molecule has 1 aliphatic rings. The topological polar surface area (TPSA) is 63.4 Å². The van der Waals surface area contributed by atoms with Gasteiger partial charge in [0, 0.05) is 18.4 Å². The number of nitrogens with zero attached hydrogens (tertiary/aromatic N) is 5. The molecule has 0 bridgehead atoms. The van der Waals surface area contributed by atoms with Crippen molar-refractivity contribution in [3.8, 4) is 0 Å². The Labute approximate surface area is 133 Å². The molecule has 0 aliphatic carbocycles. The summed E-state index contributed by atoms with van der Waals surface area (Å²) >= 11 is 0. The number of amides is 1. The molecule has 4 rings (SSSR count). The van der Waals surface area contributed by atoms with Crippen LogP contribution in [0.5, 0.6) is 0 Å². The molecule has 116 valence electrons. The van der Waals surface area contributed by atoms with Gasteiger partial charge in [0.05, 0.1) is 6.04 Å². The largest absolute Gasteiger partial charge is 0.329 e. The van der Waals surface area contributed by atoms with Gasteiger partial charge in [0.25, 0.3) is 11.7 Å². The minimum Gasteiger partial charge on any atom is -0.329 e. The van der Waals surface area contributed by atoms with Gasteiger partial charge in [-0.05, 0) is 31.4 Å². The Morgan fingerprint density at radius 1 is 1.22 bits per heavy atom. The van der Waals surface area contributed by atoms with Crippen LogP contribution in [0.2, 0.25) is 0 Å². The molecular formula is C17H17N5O. The number of aromatic nitrogens is 4. The summed E-state index contributed by atoms with van der Waals surface area (Å²) in [6.45, 7) is 2.65. The van der Waals surface area contributed by atoms with E-state index < -0.39 is 0 Å². The Balaban J connectivity index is 1.68. The van der Waals surface area contributed by atoms with Crippen LogP contribution < -0.4 is 0 Å². The van der Waals surface area contributed by atoms with Gasteiger partial charge in [0.2, 0.25) is 5.82 Å². The maximum Gasteiger partial charge on any atom is 0.294 e. The molecular weight excluding hydrogens is 290 g/mol. The van der Waals surface area contributed by atoms with Crippen LogP contribution in [0.15, 0.2) is 42.6 Å². The molecule has 6 nitrogen and oxygen atoms in total. The quantitative estimate of drug-likeness (QED) is 0.729. The van der Waals surface area contributed by atoms with Crippen molar-refractivity contribution >= 4 is 11.7 Å². The van der Waals surface area contributed by atoms with Crippen molar-refractivity contribution in [2.45, 2.75) is 25.8 Å². The van der Waals surface area contributed by atoms with Gasteiger partial charge in [-0.25, -0.2) is 9.50 Å². The lowest BCUT2D eigenvalue weighted by molar-refractivity contribution is 0.0723. The van der Waals surface area contributed by atoms with Gasteiger partial charge >= 0.3 is 0 Å². The van der Waals surface area contributed by atoms with Crippen molar-refractivity contribution in [1.82, 2.24) is 24.5 Å². The number of rotatable bonds is 2. The fourth-order valence-electron chi connectivity index (χ4n) is 3.16. The third kappa shape index (κ3) is 2.36. The van der Waals surface area contributed by atoms with E-state index in [4.69, 9.17) is 0 Å². The number of likely N-dealkylation sites (tertiary alicyclic amines) is 1. The van der Waals surface area contributed by atoms with E-state index in [1.807, 2.05) is 36.1 Å². The molecule has 0 radical (unpaired) electrons. The Morgan fingerprint density at radius 3 is 2.83 bits per heavy atom. The molecule has 1 aliphatic heterocycles. The molecule has 1 aromatic carbocycles. The summed E-state index contributed by atoms with van der Waals surface area (Å²) in [5.74, 6) is 0.555. The van der Waals surface area contributed by atoms with Crippen LogP contribution in [0.3, 0.4) is 0 Å². The van der Waals surface area contributed by atoms with Gasteiger partial charge in [-0.1, -0.05) is 30.3 Å². The SMILES string of the molecule is Cc1ccnc2nc(C(=O)N3CCCC3c3ccccc3)nn12. The van der Waals surface area contributed by atoms with Crippen molar-refractivity contribution in [1.29, 1.82) is 0 Å². The fraction of sp³-hybridized carbons (Fsp3) is 0.294. The Kier molecular flexibility index (Phi) is 3.29. The maximum absolute atomic E-state index is 12.9. The van der Waals surface area contributed by atoms with Gasteiger partial charge < -0.3 is 4.90 Å². The van der Waals surface area contributed by atoms with Crippen LogP contribution in [0.1, 0.15) is 40.8 Å². The average molecular weight is 307 g/mol. The number of fused-ring (bicyclic) bond motifs is 1. The fourth-order valence-corrected chi connectivity index (χ4v) is 3.16. The van der Waals surface area contributed by atoms with E-state index in [9.17, 15) is 4.79 Å². The van der Waals surface area contributed by atoms with E-state index in [0.717, 1.165) is 30.6 Å². The lowest BCUT2D eigenvalue weighted by Gasteiger charge is -2.23. The normalized spacial score (nSPS) is 17.8. The molecule has 1 saturated heterocycles. The highest BCUT2D eigenvalue weighted by Gasteiger charge is 2.32. The van der Waals surface area contributed by atoms with Crippen molar-refractivity contribution in [2.24, 2.45) is 0 Å². The van der Waals surface area contributed by atoms with Crippen molar-refractivity contribution in [2.75, 3.05) is 6.54 Å². The molecule has 23 heavy (non-hydrogen) atoms. The third-order valence-electron chi connectivity index (χ3n) is 4.32. The monoisotopic (exact) mass is 307 g/mol. The lowest BCUT2D eigenvalue weighted by Crippen LogP contribution is -2.31. The highest BCUT2D eigenvalue weighted by molar-refractivity contribution is 5.91. The van der Waals surface area contributed by atoms with Crippen molar-refractivity contribution in [3.05, 3.63) is 59.7 Å². The first-order chi connectivity index (χ1) is 11.2. The molecule has 0 spiro atoms. The van der Waals surface area contributed by atoms with Gasteiger partial charge in [-0.2, -0.15) is 4.98 Å². The van der Waals surface area contributed by atoms with Crippen molar-refractivity contribution < 1.29 is 4.79 Å². The first-order valence-electron chi connectivity index (χ1n) is 7.78. The second-order valence-electron chi connectivity index (χ2n) is 5.80. The highest BCUT2D eigenvalue weighted by atomic mass is 16.2. The van der Waals surface area contributed by atoms with E-state index in [0.29, 0.717) is 5.78 Å². The zero-order valence-corrected chi connectivity index (χ0v) is 12.9. The number of carbonyl (C=O) groups is 1. The Bertz CT molecular complexity index is 858. The van der Waals surface area contributed by atoms with E-state index in [1.54, 1.807) is 10.7 Å². The summed E-state index contributed by atoms with van der Waals surface area (Å²) in [5.41, 5.74) is 2.07. The van der Waals surface area contributed by atoms with Crippen molar-refractivity contribution in [3.63, 3.8) is 0 Å². The third-order valence-corrected chi connectivity index (χ3v) is 4.32. The lowest BCUT2D eigenvalue weighted by atomic mass is 10.0. The highest BCUT2D eigenvalue weighted by Crippen LogP contribution is 2.32. The molecule has 1 atom stereocenters. The molecule has 2 aromatic heterocycles. The number of hydrogen-bond donors (Lipinski definition) is 0. The van der Waals surface area contributed by atoms with Gasteiger partial charge in [-0.15, -0.1) is 5.10 Å². The number of carbonyl (C=O) groups excluding carboxylic acids is 1. The maximum atomic E-state index is 12.9. The Morgan fingerprint density at radius 2 is 2.04 bits per heavy atom. The minimum absolute atomic E-state index is 0.101. The predicted octanol–water partition coefficient (Wildman–Crippen LogP) is 2.41. The van der Waals surface area contributed by atoms with Crippen LogP contribution in [-0.4, -0.2) is 36.9 Å². The summed E-state index contributed by atoms with van der Waals surface area (Å²) in [4.78, 5) is 23.2. The minimum atomic E-state index is -0.124. The van der Waals surface area contributed by atoms with Crippen LogP contribution in [0.4, 0.5) is 0 Å². The average Bonchev–Trinajstić information content (AvgIpc) is 3.23. The van der Waals surface area contributed by atoms with Gasteiger partial charge in [0.1, 0.15) is 0 Å². The second-order valence-corrected chi connectivity index (χ2v) is 5.80. The van der Waals surface area contributed by atoms with E-state index in [2.05, 4.69) is 27.2 Å². The Hall–Kier alpha value is -2.76. The molecule has 1 fully saturated rings. The molecule has 0 saturated carbocycles. The molecule has 6 heteroatoms. The summed E-state index contributed by atoms with van der Waals surface area (Å²) in [5, 5.41) is 4.34. The number of hydrogen-bond acceptors (Lipinski definition) is 4. The van der Waals surface area contributed by atoms with E-state index in [1.165, 1.54) is 0 Å². The molecule has 3 heterocycles. The second kappa shape index (κ2) is 5.46. The number of aryl methyl sites for hydroxylation is 1. The molecule has 1 amide bonds. The van der Waals surface area contributed by atoms with E-state index >= 15 is 0 Å². The summed E-state index contributed by atoms with van der Waals surface area (Å²) in [6.07, 6.45) is 3.65. The van der Waals surface area contributed by atoms with Gasteiger partial charge in [-0.3, -0.25) is 4.79 Å². The predicted molar refractivity (Wildman–Crippen MR) is 85.0 cm³/mol. The van der Waals surface area contributed by atoms with Crippen LogP contribution in [0, 0.1) is 6.92 Å². The van der Waals surface area contributed by atoms with Crippen LogP contribution in [0.25, 0.3) is 5.78 Å². The zero-order chi connectivity index (χ0) is 15.8. The summed E-state index contributed by atoms with van der Waals surface area (Å²) in [7, 11) is 0. The summed E-state index contributed by atoms with van der Waals surface area (Å²) in [6, 6.07) is 12.1. The van der Waals surface area contributed by atoms with Gasteiger partial charge in [0.15, 0.2) is 0 Å². The summed E-state index contributed by atoms with van der Waals surface area (Å²) < 4.78 is 1.61. The van der Waals surface area contributed by atoms with Crippen LogP contribution >= 0.6 is 0 Å². The first kappa shape index (κ1) is 13.9.